The lowest BCUT2D eigenvalue weighted by atomic mass is 10.1. The van der Waals surface area contributed by atoms with Crippen LogP contribution in [-0.4, -0.2) is 47.8 Å². The standard InChI is InChI=1S/C11H17N3O3/c1-2-8-10(16)13-9(15)6-14(8)11(17)7-4-3-5-12-7/h7-8,12H,2-6H2,1H3,(H,13,15,16)/t7-,8?/m0/s1. The van der Waals surface area contributed by atoms with E-state index in [1.54, 1.807) is 0 Å². The van der Waals surface area contributed by atoms with Crippen LogP contribution in [0.25, 0.3) is 0 Å². The topological polar surface area (TPSA) is 78.5 Å². The summed E-state index contributed by atoms with van der Waals surface area (Å²) in [7, 11) is 0. The number of imide groups is 1. The molecule has 1 unspecified atom stereocenters. The highest BCUT2D eigenvalue weighted by Crippen LogP contribution is 2.15. The van der Waals surface area contributed by atoms with Gasteiger partial charge in [0.2, 0.25) is 17.7 Å². The van der Waals surface area contributed by atoms with Crippen molar-refractivity contribution >= 4 is 17.7 Å². The van der Waals surface area contributed by atoms with Crippen LogP contribution in [0.5, 0.6) is 0 Å². The van der Waals surface area contributed by atoms with E-state index in [-0.39, 0.29) is 24.4 Å². The van der Waals surface area contributed by atoms with Crippen LogP contribution >= 0.6 is 0 Å². The van der Waals surface area contributed by atoms with Crippen molar-refractivity contribution in [2.45, 2.75) is 38.3 Å². The van der Waals surface area contributed by atoms with E-state index in [4.69, 9.17) is 0 Å². The van der Waals surface area contributed by atoms with Gasteiger partial charge < -0.3 is 10.2 Å². The molecule has 17 heavy (non-hydrogen) atoms. The van der Waals surface area contributed by atoms with Crippen molar-refractivity contribution < 1.29 is 14.4 Å². The molecule has 0 bridgehead atoms. The minimum atomic E-state index is -0.511. The van der Waals surface area contributed by atoms with Crippen LogP contribution in [0.4, 0.5) is 0 Å². The van der Waals surface area contributed by atoms with Crippen LogP contribution in [0.2, 0.25) is 0 Å². The lowest BCUT2D eigenvalue weighted by molar-refractivity contribution is -0.151. The zero-order valence-electron chi connectivity index (χ0n) is 9.86. The molecule has 0 aliphatic carbocycles. The normalized spacial score (nSPS) is 29.4. The van der Waals surface area contributed by atoms with Crippen molar-refractivity contribution in [3.05, 3.63) is 0 Å². The van der Waals surface area contributed by atoms with E-state index in [0.29, 0.717) is 6.42 Å². The molecular formula is C11H17N3O3. The monoisotopic (exact) mass is 239 g/mol. The van der Waals surface area contributed by atoms with Crippen molar-refractivity contribution in [3.63, 3.8) is 0 Å². The van der Waals surface area contributed by atoms with E-state index in [1.165, 1.54) is 4.90 Å². The Bertz CT molecular complexity index is 350. The number of rotatable bonds is 2. The van der Waals surface area contributed by atoms with Gasteiger partial charge in [-0.05, 0) is 25.8 Å². The molecule has 0 radical (unpaired) electrons. The van der Waals surface area contributed by atoms with Gasteiger partial charge in [-0.3, -0.25) is 19.7 Å². The molecule has 2 heterocycles. The maximum atomic E-state index is 12.2. The highest BCUT2D eigenvalue weighted by Gasteiger charge is 2.38. The number of carbonyl (C=O) groups is 3. The van der Waals surface area contributed by atoms with Crippen molar-refractivity contribution in [2.24, 2.45) is 0 Å². The fourth-order valence-electron chi connectivity index (χ4n) is 2.40. The Kier molecular flexibility index (Phi) is 3.42. The third-order valence-corrected chi connectivity index (χ3v) is 3.28. The molecule has 6 nitrogen and oxygen atoms in total. The van der Waals surface area contributed by atoms with Crippen LogP contribution in [0.3, 0.4) is 0 Å². The molecule has 2 atom stereocenters. The second kappa shape index (κ2) is 4.83. The van der Waals surface area contributed by atoms with Crippen LogP contribution < -0.4 is 10.6 Å². The quantitative estimate of drug-likeness (QED) is 0.606. The average molecular weight is 239 g/mol. The second-order valence-electron chi connectivity index (χ2n) is 4.45. The molecule has 2 rings (SSSR count). The molecule has 0 saturated carbocycles. The molecule has 6 heteroatoms. The van der Waals surface area contributed by atoms with Crippen molar-refractivity contribution in [2.75, 3.05) is 13.1 Å². The van der Waals surface area contributed by atoms with E-state index >= 15 is 0 Å². The number of carbonyl (C=O) groups excluding carboxylic acids is 3. The van der Waals surface area contributed by atoms with Crippen LogP contribution in [0, 0.1) is 0 Å². The predicted octanol–water partition coefficient (Wildman–Crippen LogP) is -0.998. The third kappa shape index (κ3) is 2.31. The Balaban J connectivity index is 2.12. The molecule has 2 aliphatic heterocycles. The number of nitrogens with one attached hydrogen (secondary N) is 2. The number of piperazine rings is 1. The number of hydrogen-bond donors (Lipinski definition) is 2. The van der Waals surface area contributed by atoms with Gasteiger partial charge in [0.15, 0.2) is 0 Å². The van der Waals surface area contributed by atoms with Crippen LogP contribution in [-0.2, 0) is 14.4 Å². The van der Waals surface area contributed by atoms with Gasteiger partial charge in [-0.2, -0.15) is 0 Å². The highest BCUT2D eigenvalue weighted by atomic mass is 16.2. The first-order valence-corrected chi connectivity index (χ1v) is 6.01. The lowest BCUT2D eigenvalue weighted by Gasteiger charge is -2.34. The molecule has 0 aromatic rings. The smallest absolute Gasteiger partial charge is 0.249 e. The van der Waals surface area contributed by atoms with Crippen LogP contribution in [0.1, 0.15) is 26.2 Å². The first kappa shape index (κ1) is 12.0. The van der Waals surface area contributed by atoms with E-state index in [2.05, 4.69) is 10.6 Å². The molecule has 0 aromatic heterocycles. The van der Waals surface area contributed by atoms with E-state index < -0.39 is 11.9 Å². The minimum Gasteiger partial charge on any atom is -0.320 e. The number of amides is 3. The van der Waals surface area contributed by atoms with Gasteiger partial charge in [-0.1, -0.05) is 6.92 Å². The van der Waals surface area contributed by atoms with Crippen molar-refractivity contribution in [3.8, 4) is 0 Å². The zero-order chi connectivity index (χ0) is 12.4. The summed E-state index contributed by atoms with van der Waals surface area (Å²) in [6.45, 7) is 2.64. The molecule has 2 saturated heterocycles. The summed E-state index contributed by atoms with van der Waals surface area (Å²) >= 11 is 0. The molecule has 3 amide bonds. The predicted molar refractivity (Wildman–Crippen MR) is 60.0 cm³/mol. The van der Waals surface area contributed by atoms with E-state index in [0.717, 1.165) is 19.4 Å². The van der Waals surface area contributed by atoms with Gasteiger partial charge in [0.05, 0.1) is 6.04 Å². The Morgan fingerprint density at radius 2 is 2.24 bits per heavy atom. The molecule has 0 aromatic carbocycles. The summed E-state index contributed by atoms with van der Waals surface area (Å²) in [6, 6.07) is -0.745. The first-order valence-electron chi connectivity index (χ1n) is 6.01. The maximum Gasteiger partial charge on any atom is 0.249 e. The average Bonchev–Trinajstić information content (AvgIpc) is 2.80. The number of nitrogens with zero attached hydrogens (tertiary/aromatic N) is 1. The van der Waals surface area contributed by atoms with Crippen LogP contribution in [0.15, 0.2) is 0 Å². The van der Waals surface area contributed by atoms with Gasteiger partial charge in [-0.15, -0.1) is 0 Å². The summed E-state index contributed by atoms with van der Waals surface area (Å²) in [4.78, 5) is 36.5. The molecule has 2 fully saturated rings. The SMILES string of the molecule is CCC1C(=O)NC(=O)CN1C(=O)[C@@H]1CCCN1. The number of hydrogen-bond acceptors (Lipinski definition) is 4. The molecule has 2 aliphatic rings. The van der Waals surface area contributed by atoms with Gasteiger partial charge >= 0.3 is 0 Å². The zero-order valence-corrected chi connectivity index (χ0v) is 9.86. The van der Waals surface area contributed by atoms with Crippen molar-refractivity contribution in [1.29, 1.82) is 0 Å². The summed E-state index contributed by atoms with van der Waals surface area (Å²) in [6.07, 6.45) is 2.26. The van der Waals surface area contributed by atoms with Gasteiger partial charge in [0.1, 0.15) is 12.6 Å². The fraction of sp³-hybridized carbons (Fsp3) is 0.727. The Hall–Kier alpha value is -1.43. The van der Waals surface area contributed by atoms with Gasteiger partial charge in [0, 0.05) is 0 Å². The third-order valence-electron chi connectivity index (χ3n) is 3.28. The molecular weight excluding hydrogens is 222 g/mol. The Morgan fingerprint density at radius 3 is 2.82 bits per heavy atom. The summed E-state index contributed by atoms with van der Waals surface area (Å²) in [5.74, 6) is -0.890. The Labute approximate surface area is 99.7 Å². The van der Waals surface area contributed by atoms with E-state index in [1.807, 2.05) is 6.92 Å². The van der Waals surface area contributed by atoms with Gasteiger partial charge in [-0.25, -0.2) is 0 Å². The Morgan fingerprint density at radius 1 is 1.47 bits per heavy atom. The summed E-state index contributed by atoms with van der Waals surface area (Å²) in [5.41, 5.74) is 0. The molecule has 2 N–H and O–H groups in total. The van der Waals surface area contributed by atoms with Crippen molar-refractivity contribution in [1.82, 2.24) is 15.5 Å². The second-order valence-corrected chi connectivity index (χ2v) is 4.45. The maximum absolute atomic E-state index is 12.2. The summed E-state index contributed by atoms with van der Waals surface area (Å²) < 4.78 is 0. The lowest BCUT2D eigenvalue weighted by Crippen LogP contribution is -2.62. The molecule has 94 valence electrons. The fourth-order valence-corrected chi connectivity index (χ4v) is 2.40. The minimum absolute atomic E-state index is 0.0126. The highest BCUT2D eigenvalue weighted by molar-refractivity contribution is 6.04. The van der Waals surface area contributed by atoms with E-state index in [9.17, 15) is 14.4 Å². The first-order chi connectivity index (χ1) is 8.13. The van der Waals surface area contributed by atoms with Gasteiger partial charge in [0.25, 0.3) is 0 Å². The largest absolute Gasteiger partial charge is 0.320 e. The summed E-state index contributed by atoms with van der Waals surface area (Å²) in [5, 5.41) is 5.36. The molecule has 0 spiro atoms.